The molecule has 144 valence electrons. The van der Waals surface area contributed by atoms with Gasteiger partial charge in [-0.05, 0) is 31.0 Å². The van der Waals surface area contributed by atoms with Crippen LogP contribution in [-0.2, 0) is 0 Å². The van der Waals surface area contributed by atoms with Crippen LogP contribution >= 0.6 is 11.3 Å². The molecule has 0 N–H and O–H groups in total. The average Bonchev–Trinajstić information content (AvgIpc) is 3.16. The van der Waals surface area contributed by atoms with E-state index in [2.05, 4.69) is 4.98 Å². The lowest BCUT2D eigenvalue weighted by Crippen LogP contribution is -2.41. The van der Waals surface area contributed by atoms with Crippen molar-refractivity contribution >= 4 is 17.2 Å². The van der Waals surface area contributed by atoms with E-state index in [0.717, 1.165) is 5.56 Å². The number of aromatic nitrogens is 1. The predicted octanol–water partition coefficient (Wildman–Crippen LogP) is 4.23. The van der Waals surface area contributed by atoms with E-state index in [-0.39, 0.29) is 24.8 Å². The van der Waals surface area contributed by atoms with Gasteiger partial charge in [-0.3, -0.25) is 4.79 Å². The summed E-state index contributed by atoms with van der Waals surface area (Å²) in [7, 11) is 1.67. The zero-order chi connectivity index (χ0) is 19.0. The van der Waals surface area contributed by atoms with Crippen LogP contribution in [0.25, 0.3) is 10.6 Å². The predicted molar refractivity (Wildman–Crippen MR) is 97.8 cm³/mol. The summed E-state index contributed by atoms with van der Waals surface area (Å²) < 4.78 is 37.8. The quantitative estimate of drug-likeness (QED) is 0.782. The fourth-order valence-corrected chi connectivity index (χ4v) is 4.23. The number of halogens is 2. The molecule has 0 atom stereocenters. The smallest absolute Gasteiger partial charge is 0.273 e. The van der Waals surface area contributed by atoms with Crippen LogP contribution in [0.3, 0.4) is 0 Å². The minimum Gasteiger partial charge on any atom is -0.486 e. The molecule has 2 heterocycles. The van der Waals surface area contributed by atoms with Crippen molar-refractivity contribution in [3.05, 3.63) is 29.3 Å². The van der Waals surface area contributed by atoms with Gasteiger partial charge in [0.05, 0.1) is 0 Å². The van der Waals surface area contributed by atoms with E-state index in [9.17, 15) is 13.6 Å². The second kappa shape index (κ2) is 7.07. The van der Waals surface area contributed by atoms with Crippen LogP contribution in [0.15, 0.2) is 23.6 Å². The highest BCUT2D eigenvalue weighted by molar-refractivity contribution is 7.13. The lowest BCUT2D eigenvalue weighted by Gasteiger charge is -2.34. The normalized spacial score (nSPS) is 18.9. The summed E-state index contributed by atoms with van der Waals surface area (Å²) in [5.74, 6) is -1.47. The molecule has 0 spiro atoms. The highest BCUT2D eigenvalue weighted by Crippen LogP contribution is 2.37. The van der Waals surface area contributed by atoms with E-state index in [4.69, 9.17) is 9.47 Å². The molecule has 27 heavy (non-hydrogen) atoms. The minimum atomic E-state index is -2.60. The largest absolute Gasteiger partial charge is 0.486 e. The van der Waals surface area contributed by atoms with Gasteiger partial charge in [0.25, 0.3) is 5.91 Å². The first-order chi connectivity index (χ1) is 12.9. The Balaban J connectivity index is 1.48. The number of hydrogen-bond donors (Lipinski definition) is 0. The highest BCUT2D eigenvalue weighted by atomic mass is 32.1. The van der Waals surface area contributed by atoms with Crippen LogP contribution < -0.4 is 9.47 Å². The molecule has 2 aliphatic rings. The molecule has 2 aromatic rings. The SMILES string of the molecule is CN(C(=O)c1csc(-c2ccc3c(c2)OCCO3)n1)C1CCC(F)(F)CC1. The zero-order valence-electron chi connectivity index (χ0n) is 14.9. The Morgan fingerprint density at radius 3 is 2.67 bits per heavy atom. The van der Waals surface area contributed by atoms with Crippen LogP contribution in [0.4, 0.5) is 8.78 Å². The molecule has 0 bridgehead atoms. The van der Waals surface area contributed by atoms with Crippen LogP contribution in [-0.4, -0.2) is 48.0 Å². The number of carbonyl (C=O) groups excluding carboxylic acids is 1. The number of ether oxygens (including phenoxy) is 2. The fourth-order valence-electron chi connectivity index (χ4n) is 3.44. The molecular formula is C19H20F2N2O3S. The van der Waals surface area contributed by atoms with Gasteiger partial charge < -0.3 is 14.4 Å². The molecule has 0 saturated heterocycles. The summed E-state index contributed by atoms with van der Waals surface area (Å²) >= 11 is 1.37. The first-order valence-corrected chi connectivity index (χ1v) is 9.81. The number of benzene rings is 1. The molecule has 5 nitrogen and oxygen atoms in total. The Labute approximate surface area is 159 Å². The van der Waals surface area contributed by atoms with Gasteiger partial charge in [-0.2, -0.15) is 0 Å². The molecule has 1 saturated carbocycles. The summed E-state index contributed by atoms with van der Waals surface area (Å²) in [5, 5.41) is 2.42. The van der Waals surface area contributed by atoms with Gasteiger partial charge in [0.1, 0.15) is 23.9 Å². The van der Waals surface area contributed by atoms with Gasteiger partial charge in [0.2, 0.25) is 5.92 Å². The standard InChI is InChI=1S/C19H20F2N2O3S/c1-23(13-4-6-19(20,21)7-5-13)18(24)14-11-27-17(22-14)12-2-3-15-16(10-12)26-9-8-25-15/h2-3,10-11,13H,4-9H2,1H3. The average molecular weight is 394 g/mol. The first kappa shape index (κ1) is 18.2. The third-order valence-electron chi connectivity index (χ3n) is 5.07. The molecule has 1 amide bonds. The van der Waals surface area contributed by atoms with Crippen molar-refractivity contribution in [2.75, 3.05) is 20.3 Å². The van der Waals surface area contributed by atoms with Crippen LogP contribution in [0, 0.1) is 0 Å². The van der Waals surface area contributed by atoms with E-state index < -0.39 is 5.92 Å². The highest BCUT2D eigenvalue weighted by Gasteiger charge is 2.37. The van der Waals surface area contributed by atoms with Crippen molar-refractivity contribution in [3.63, 3.8) is 0 Å². The summed E-state index contributed by atoms with van der Waals surface area (Å²) in [5.41, 5.74) is 1.19. The van der Waals surface area contributed by atoms with Gasteiger partial charge in [0, 0.05) is 36.9 Å². The van der Waals surface area contributed by atoms with Gasteiger partial charge >= 0.3 is 0 Å². The van der Waals surface area contributed by atoms with Crippen LogP contribution in [0.5, 0.6) is 11.5 Å². The molecule has 1 aliphatic carbocycles. The number of thiazole rings is 1. The maximum absolute atomic E-state index is 13.3. The molecule has 1 aromatic carbocycles. The van der Waals surface area contributed by atoms with Crippen LogP contribution in [0.1, 0.15) is 36.2 Å². The third-order valence-corrected chi connectivity index (χ3v) is 5.96. The minimum absolute atomic E-state index is 0.170. The Hall–Kier alpha value is -2.22. The molecule has 0 radical (unpaired) electrons. The second-order valence-corrected chi connectivity index (χ2v) is 7.76. The van der Waals surface area contributed by atoms with Crippen molar-refractivity contribution in [1.82, 2.24) is 9.88 Å². The summed E-state index contributed by atoms with van der Waals surface area (Å²) in [6.45, 7) is 1.03. The van der Waals surface area contributed by atoms with Gasteiger partial charge in [0.15, 0.2) is 11.5 Å². The molecule has 1 fully saturated rings. The zero-order valence-corrected chi connectivity index (χ0v) is 15.7. The van der Waals surface area contributed by atoms with Crippen molar-refractivity contribution in [3.8, 4) is 22.1 Å². The Morgan fingerprint density at radius 1 is 1.22 bits per heavy atom. The number of hydrogen-bond acceptors (Lipinski definition) is 5. The van der Waals surface area contributed by atoms with Gasteiger partial charge in [-0.25, -0.2) is 13.8 Å². The van der Waals surface area contributed by atoms with Crippen molar-refractivity contribution in [2.24, 2.45) is 0 Å². The number of nitrogens with zero attached hydrogens (tertiary/aromatic N) is 2. The molecular weight excluding hydrogens is 374 g/mol. The van der Waals surface area contributed by atoms with Crippen molar-refractivity contribution in [2.45, 2.75) is 37.6 Å². The summed E-state index contributed by atoms with van der Waals surface area (Å²) in [4.78, 5) is 18.7. The maximum atomic E-state index is 13.3. The van der Waals surface area contributed by atoms with E-state index in [0.29, 0.717) is 48.3 Å². The summed E-state index contributed by atoms with van der Waals surface area (Å²) in [6, 6.07) is 5.40. The fraction of sp³-hybridized carbons (Fsp3) is 0.474. The van der Waals surface area contributed by atoms with Gasteiger partial charge in [-0.15, -0.1) is 11.3 Å². The van der Waals surface area contributed by atoms with E-state index in [1.807, 2.05) is 18.2 Å². The Bertz CT molecular complexity index is 845. The topological polar surface area (TPSA) is 51.7 Å². The Kier molecular flexibility index (Phi) is 4.75. The second-order valence-electron chi connectivity index (χ2n) is 6.90. The molecule has 4 rings (SSSR count). The third kappa shape index (κ3) is 3.76. The number of rotatable bonds is 3. The van der Waals surface area contributed by atoms with E-state index in [1.54, 1.807) is 17.3 Å². The Morgan fingerprint density at radius 2 is 1.93 bits per heavy atom. The van der Waals surface area contributed by atoms with Gasteiger partial charge in [-0.1, -0.05) is 0 Å². The molecule has 0 unspecified atom stereocenters. The van der Waals surface area contributed by atoms with Crippen LogP contribution in [0.2, 0.25) is 0 Å². The maximum Gasteiger partial charge on any atom is 0.273 e. The molecule has 1 aliphatic heterocycles. The first-order valence-electron chi connectivity index (χ1n) is 8.93. The number of fused-ring (bicyclic) bond motifs is 1. The molecule has 8 heteroatoms. The van der Waals surface area contributed by atoms with E-state index in [1.165, 1.54) is 11.3 Å². The number of amides is 1. The number of alkyl halides is 2. The van der Waals surface area contributed by atoms with Crippen molar-refractivity contribution in [1.29, 1.82) is 0 Å². The number of carbonyl (C=O) groups is 1. The van der Waals surface area contributed by atoms with Crippen molar-refractivity contribution < 1.29 is 23.0 Å². The molecule has 1 aromatic heterocycles. The lowest BCUT2D eigenvalue weighted by molar-refractivity contribution is -0.0490. The summed E-state index contributed by atoms with van der Waals surface area (Å²) in [6.07, 6.45) is 0.284. The lowest BCUT2D eigenvalue weighted by atomic mass is 9.91. The van der Waals surface area contributed by atoms with E-state index >= 15 is 0 Å². The monoisotopic (exact) mass is 394 g/mol.